The fraction of sp³-hybridized carbons (Fsp3) is 0.500. The molecule has 1 aromatic carbocycles. The zero-order valence-electron chi connectivity index (χ0n) is 12.8. The van der Waals surface area contributed by atoms with E-state index in [1.54, 1.807) is 12.0 Å². The van der Waals surface area contributed by atoms with Crippen LogP contribution in [0.15, 0.2) is 24.3 Å². The molecule has 0 radical (unpaired) electrons. The van der Waals surface area contributed by atoms with Gasteiger partial charge < -0.3 is 15.0 Å². The summed E-state index contributed by atoms with van der Waals surface area (Å²) in [7, 11) is 1.61. The second kappa shape index (κ2) is 6.72. The van der Waals surface area contributed by atoms with Gasteiger partial charge in [0.1, 0.15) is 12.6 Å². The minimum Gasteiger partial charge on any atom is -0.380 e. The molecule has 0 saturated carbocycles. The van der Waals surface area contributed by atoms with Crippen LogP contribution in [0.5, 0.6) is 0 Å². The van der Waals surface area contributed by atoms with E-state index >= 15 is 0 Å². The van der Waals surface area contributed by atoms with Crippen LogP contribution >= 0.6 is 0 Å². The minimum atomic E-state index is -0.452. The van der Waals surface area contributed by atoms with Crippen molar-refractivity contribution in [3.63, 3.8) is 0 Å². The molecule has 2 rings (SSSR count). The fourth-order valence-electron chi connectivity index (χ4n) is 2.55. The Hall–Kier alpha value is -1.88. The molecule has 1 aliphatic rings. The lowest BCUT2D eigenvalue weighted by molar-refractivity contribution is -0.132. The van der Waals surface area contributed by atoms with E-state index in [2.05, 4.69) is 5.32 Å². The van der Waals surface area contributed by atoms with Crippen LogP contribution < -0.4 is 10.2 Å². The Labute approximate surface area is 125 Å². The van der Waals surface area contributed by atoms with Crippen LogP contribution in [0.2, 0.25) is 0 Å². The third-order valence-corrected chi connectivity index (χ3v) is 3.95. The highest BCUT2D eigenvalue weighted by Gasteiger charge is 2.36. The van der Waals surface area contributed by atoms with Crippen molar-refractivity contribution in [3.8, 4) is 0 Å². The summed E-state index contributed by atoms with van der Waals surface area (Å²) < 4.78 is 5.18. The highest BCUT2D eigenvalue weighted by atomic mass is 16.5. The molecule has 0 aliphatic carbocycles. The summed E-state index contributed by atoms with van der Waals surface area (Å²) in [6, 6.07) is 7.09. The topological polar surface area (TPSA) is 58.6 Å². The SMILES string of the molecule is CCC(C)C1NC(=O)CN(c2ccccc2COC)C1=O. The molecule has 114 valence electrons. The van der Waals surface area contributed by atoms with Gasteiger partial charge in [0.2, 0.25) is 11.8 Å². The number of benzene rings is 1. The van der Waals surface area contributed by atoms with Crippen molar-refractivity contribution in [1.29, 1.82) is 0 Å². The predicted molar refractivity (Wildman–Crippen MR) is 80.9 cm³/mol. The molecule has 1 fully saturated rings. The average molecular weight is 290 g/mol. The Morgan fingerprint density at radius 3 is 2.76 bits per heavy atom. The Morgan fingerprint density at radius 1 is 1.38 bits per heavy atom. The molecule has 1 heterocycles. The number of methoxy groups -OCH3 is 1. The van der Waals surface area contributed by atoms with Crippen LogP contribution in [0, 0.1) is 5.92 Å². The Kier molecular flexibility index (Phi) is 4.96. The first-order chi connectivity index (χ1) is 10.1. The predicted octanol–water partition coefficient (Wildman–Crippen LogP) is 1.71. The van der Waals surface area contributed by atoms with Crippen molar-refractivity contribution in [1.82, 2.24) is 5.32 Å². The summed E-state index contributed by atoms with van der Waals surface area (Å²) in [4.78, 5) is 26.2. The summed E-state index contributed by atoms with van der Waals surface area (Å²) in [5.41, 5.74) is 1.67. The van der Waals surface area contributed by atoms with Gasteiger partial charge in [-0.15, -0.1) is 0 Å². The molecule has 0 aromatic heterocycles. The number of carbonyl (C=O) groups excluding carboxylic acids is 2. The molecule has 2 unspecified atom stereocenters. The van der Waals surface area contributed by atoms with E-state index in [0.717, 1.165) is 17.7 Å². The number of amides is 2. The van der Waals surface area contributed by atoms with Gasteiger partial charge in [0.25, 0.3) is 0 Å². The van der Waals surface area contributed by atoms with Crippen LogP contribution in [0.1, 0.15) is 25.8 Å². The van der Waals surface area contributed by atoms with Gasteiger partial charge >= 0.3 is 0 Å². The van der Waals surface area contributed by atoms with Crippen LogP contribution in [0.25, 0.3) is 0 Å². The number of ether oxygens (including phenoxy) is 1. The van der Waals surface area contributed by atoms with E-state index in [4.69, 9.17) is 4.74 Å². The van der Waals surface area contributed by atoms with Gasteiger partial charge in [-0.25, -0.2) is 0 Å². The van der Waals surface area contributed by atoms with Gasteiger partial charge in [-0.05, 0) is 12.0 Å². The van der Waals surface area contributed by atoms with Crippen molar-refractivity contribution in [3.05, 3.63) is 29.8 Å². The molecule has 5 nitrogen and oxygen atoms in total. The molecule has 21 heavy (non-hydrogen) atoms. The van der Waals surface area contributed by atoms with Gasteiger partial charge in [-0.3, -0.25) is 9.59 Å². The largest absolute Gasteiger partial charge is 0.380 e. The number of carbonyl (C=O) groups is 2. The number of anilines is 1. The molecule has 1 N–H and O–H groups in total. The molecule has 0 spiro atoms. The van der Waals surface area contributed by atoms with E-state index in [0.29, 0.717) is 6.61 Å². The Balaban J connectivity index is 2.34. The summed E-state index contributed by atoms with van der Waals surface area (Å²) in [6.07, 6.45) is 0.838. The quantitative estimate of drug-likeness (QED) is 0.898. The van der Waals surface area contributed by atoms with Crippen LogP contribution in [0.3, 0.4) is 0 Å². The van der Waals surface area contributed by atoms with Crippen molar-refractivity contribution in [2.75, 3.05) is 18.6 Å². The lowest BCUT2D eigenvalue weighted by Crippen LogP contribution is -2.60. The Bertz CT molecular complexity index is 530. The molecular weight excluding hydrogens is 268 g/mol. The zero-order valence-corrected chi connectivity index (χ0v) is 12.8. The third-order valence-electron chi connectivity index (χ3n) is 3.95. The highest BCUT2D eigenvalue weighted by Crippen LogP contribution is 2.25. The van der Waals surface area contributed by atoms with E-state index < -0.39 is 6.04 Å². The first kappa shape index (κ1) is 15.5. The minimum absolute atomic E-state index is 0.0486. The first-order valence-electron chi connectivity index (χ1n) is 7.26. The lowest BCUT2D eigenvalue weighted by Gasteiger charge is -2.36. The van der Waals surface area contributed by atoms with E-state index in [-0.39, 0.29) is 24.3 Å². The number of nitrogens with zero attached hydrogens (tertiary/aromatic N) is 1. The van der Waals surface area contributed by atoms with Gasteiger partial charge in [-0.1, -0.05) is 38.5 Å². The van der Waals surface area contributed by atoms with Gasteiger partial charge in [0.15, 0.2) is 0 Å². The van der Waals surface area contributed by atoms with E-state index in [9.17, 15) is 9.59 Å². The number of piperazine rings is 1. The first-order valence-corrected chi connectivity index (χ1v) is 7.26. The molecule has 1 saturated heterocycles. The number of para-hydroxylation sites is 1. The maximum absolute atomic E-state index is 12.7. The van der Waals surface area contributed by atoms with Crippen LogP contribution in [-0.4, -0.2) is 31.5 Å². The van der Waals surface area contributed by atoms with Crippen LogP contribution in [0.4, 0.5) is 5.69 Å². The fourth-order valence-corrected chi connectivity index (χ4v) is 2.55. The van der Waals surface area contributed by atoms with E-state index in [1.807, 2.05) is 38.1 Å². The van der Waals surface area contributed by atoms with Gasteiger partial charge in [0, 0.05) is 18.4 Å². The highest BCUT2D eigenvalue weighted by molar-refractivity contribution is 6.07. The number of hydrogen-bond acceptors (Lipinski definition) is 3. The number of rotatable bonds is 5. The third kappa shape index (κ3) is 3.24. The summed E-state index contributed by atoms with van der Waals surface area (Å²) >= 11 is 0. The monoisotopic (exact) mass is 290 g/mol. The number of nitrogens with one attached hydrogen (secondary N) is 1. The maximum atomic E-state index is 12.7. The van der Waals surface area contributed by atoms with Crippen molar-refractivity contribution in [2.24, 2.45) is 5.92 Å². The van der Waals surface area contributed by atoms with Gasteiger partial charge in [0.05, 0.1) is 6.61 Å². The standard InChI is InChI=1S/C16H22N2O3/c1-4-11(2)15-16(20)18(9-14(19)17-15)13-8-6-5-7-12(13)10-21-3/h5-8,11,15H,4,9-10H2,1-3H3,(H,17,19). The average Bonchev–Trinajstić information content (AvgIpc) is 2.49. The summed E-state index contributed by atoms with van der Waals surface area (Å²) in [6.45, 7) is 4.47. The Morgan fingerprint density at radius 2 is 2.10 bits per heavy atom. The van der Waals surface area contributed by atoms with Crippen molar-refractivity contribution >= 4 is 17.5 Å². The molecule has 1 aliphatic heterocycles. The maximum Gasteiger partial charge on any atom is 0.250 e. The van der Waals surface area contributed by atoms with Crippen LogP contribution in [-0.2, 0) is 20.9 Å². The lowest BCUT2D eigenvalue weighted by atomic mass is 9.95. The molecule has 0 bridgehead atoms. The number of hydrogen-bond donors (Lipinski definition) is 1. The smallest absolute Gasteiger partial charge is 0.250 e. The molecule has 1 aromatic rings. The normalized spacial score (nSPS) is 20.3. The van der Waals surface area contributed by atoms with E-state index in [1.165, 1.54) is 0 Å². The van der Waals surface area contributed by atoms with Crippen molar-refractivity contribution < 1.29 is 14.3 Å². The molecular formula is C16H22N2O3. The second-order valence-corrected chi connectivity index (χ2v) is 5.42. The second-order valence-electron chi connectivity index (χ2n) is 5.42. The molecule has 2 atom stereocenters. The molecule has 2 amide bonds. The zero-order chi connectivity index (χ0) is 15.4. The molecule has 5 heteroatoms. The summed E-state index contributed by atoms with van der Waals surface area (Å²) in [5, 5.41) is 2.81. The van der Waals surface area contributed by atoms with Crippen molar-refractivity contribution in [2.45, 2.75) is 32.9 Å². The summed E-state index contributed by atoms with van der Waals surface area (Å²) in [5.74, 6) is -0.0570. The van der Waals surface area contributed by atoms with Gasteiger partial charge in [-0.2, -0.15) is 0 Å².